The predicted octanol–water partition coefficient (Wildman–Crippen LogP) is -1.84. The molecule has 0 saturated heterocycles. The lowest BCUT2D eigenvalue weighted by Crippen LogP contribution is -2.56. The summed E-state index contributed by atoms with van der Waals surface area (Å²) in [5, 5.41) is 23.2. The Morgan fingerprint density at radius 3 is 2.23 bits per heavy atom. The molecule has 1 aromatic carbocycles. The smallest absolute Gasteiger partial charge is 0.326 e. The molecule has 2 rings (SSSR count). The van der Waals surface area contributed by atoms with Crippen LogP contribution in [-0.4, -0.2) is 62.0 Å². The third-order valence-corrected chi connectivity index (χ3v) is 4.36. The number of primary amides is 1. The number of carbonyl (C=O) groups excluding carboxylic acids is 3. The Hall–Kier alpha value is -3.93. The van der Waals surface area contributed by atoms with Gasteiger partial charge in [-0.05, 0) is 24.1 Å². The van der Waals surface area contributed by atoms with Crippen molar-refractivity contribution in [3.8, 4) is 5.75 Å². The number of benzene rings is 1. The molecular weight excluding hydrogens is 408 g/mol. The number of carboxylic acids is 1. The van der Waals surface area contributed by atoms with Gasteiger partial charge in [0.2, 0.25) is 17.7 Å². The van der Waals surface area contributed by atoms with Gasteiger partial charge in [-0.15, -0.1) is 0 Å². The quantitative estimate of drug-likeness (QED) is 0.214. The van der Waals surface area contributed by atoms with Crippen LogP contribution in [0.4, 0.5) is 0 Å². The number of carbonyl (C=O) groups is 4. The van der Waals surface area contributed by atoms with Crippen LogP contribution in [-0.2, 0) is 32.0 Å². The van der Waals surface area contributed by atoms with Crippen molar-refractivity contribution in [1.29, 1.82) is 0 Å². The molecule has 0 radical (unpaired) electrons. The molecule has 0 bridgehead atoms. The Bertz CT molecular complexity index is 914. The Labute approximate surface area is 177 Å². The van der Waals surface area contributed by atoms with E-state index in [-0.39, 0.29) is 18.6 Å². The molecule has 0 saturated carbocycles. The topological polar surface area (TPSA) is 214 Å². The van der Waals surface area contributed by atoms with Gasteiger partial charge in [0.1, 0.15) is 17.8 Å². The highest BCUT2D eigenvalue weighted by molar-refractivity contribution is 5.93. The number of aliphatic carboxylic acids is 1. The summed E-state index contributed by atoms with van der Waals surface area (Å²) in [6.07, 6.45) is 2.35. The first-order chi connectivity index (χ1) is 14.7. The van der Waals surface area contributed by atoms with E-state index in [1.165, 1.54) is 24.7 Å². The summed E-state index contributed by atoms with van der Waals surface area (Å²) in [5.74, 6) is -3.74. The number of H-pyrrole nitrogens is 1. The summed E-state index contributed by atoms with van der Waals surface area (Å²) < 4.78 is 0. The molecule has 1 heterocycles. The number of phenols is 1. The largest absolute Gasteiger partial charge is 0.508 e. The number of carboxylic acid groups (broad SMARTS) is 1. The molecular formula is C19H24N6O6. The first-order valence-electron chi connectivity index (χ1n) is 9.28. The summed E-state index contributed by atoms with van der Waals surface area (Å²) in [5.41, 5.74) is 12.2. The molecule has 0 aliphatic carbocycles. The molecule has 0 fully saturated rings. The van der Waals surface area contributed by atoms with Gasteiger partial charge in [0, 0.05) is 18.3 Å². The highest BCUT2D eigenvalue weighted by Crippen LogP contribution is 2.11. The van der Waals surface area contributed by atoms with Crippen LogP contribution in [0.2, 0.25) is 0 Å². The van der Waals surface area contributed by atoms with Crippen LogP contribution in [0.3, 0.4) is 0 Å². The zero-order valence-electron chi connectivity index (χ0n) is 16.4. The number of phenolic OH excluding ortho intramolecular Hbond substituents is 1. The van der Waals surface area contributed by atoms with Crippen LogP contribution in [0.25, 0.3) is 0 Å². The van der Waals surface area contributed by atoms with E-state index in [1.807, 2.05) is 0 Å². The van der Waals surface area contributed by atoms with Crippen molar-refractivity contribution >= 4 is 23.7 Å². The zero-order chi connectivity index (χ0) is 23.0. The monoisotopic (exact) mass is 432 g/mol. The molecule has 0 aliphatic heterocycles. The maximum absolute atomic E-state index is 12.7. The number of amides is 3. The fourth-order valence-electron chi connectivity index (χ4n) is 2.76. The second-order valence-corrected chi connectivity index (χ2v) is 6.89. The van der Waals surface area contributed by atoms with E-state index in [2.05, 4.69) is 20.6 Å². The van der Waals surface area contributed by atoms with Crippen molar-refractivity contribution in [2.24, 2.45) is 11.5 Å². The van der Waals surface area contributed by atoms with Crippen molar-refractivity contribution in [2.75, 3.05) is 0 Å². The maximum Gasteiger partial charge on any atom is 0.326 e. The SMILES string of the molecule is NC(=O)CC(NC(=O)C(Cc1cnc[nH]1)NC(=O)C(N)Cc1ccc(O)cc1)C(=O)O. The first-order valence-corrected chi connectivity index (χ1v) is 9.28. The van der Waals surface area contributed by atoms with Crippen LogP contribution >= 0.6 is 0 Å². The number of imidazole rings is 1. The molecule has 166 valence electrons. The lowest BCUT2D eigenvalue weighted by molar-refractivity contribution is -0.143. The van der Waals surface area contributed by atoms with Gasteiger partial charge in [-0.2, -0.15) is 0 Å². The summed E-state index contributed by atoms with van der Waals surface area (Å²) in [6, 6.07) is 2.39. The van der Waals surface area contributed by atoms with Crippen LogP contribution in [0.5, 0.6) is 5.75 Å². The van der Waals surface area contributed by atoms with E-state index >= 15 is 0 Å². The average Bonchev–Trinajstić information content (AvgIpc) is 3.21. The fraction of sp³-hybridized carbons (Fsp3) is 0.316. The van der Waals surface area contributed by atoms with Gasteiger partial charge in [0.25, 0.3) is 0 Å². The van der Waals surface area contributed by atoms with Crippen molar-refractivity contribution in [1.82, 2.24) is 20.6 Å². The molecule has 3 unspecified atom stereocenters. The lowest BCUT2D eigenvalue weighted by Gasteiger charge is -2.22. The summed E-state index contributed by atoms with van der Waals surface area (Å²) >= 11 is 0. The Kier molecular flexibility index (Phi) is 8.09. The molecule has 2 aromatic rings. The third-order valence-electron chi connectivity index (χ3n) is 4.36. The van der Waals surface area contributed by atoms with Gasteiger partial charge in [-0.25, -0.2) is 9.78 Å². The number of hydrogen-bond donors (Lipinski definition) is 7. The molecule has 12 heteroatoms. The van der Waals surface area contributed by atoms with E-state index < -0.39 is 48.2 Å². The van der Waals surface area contributed by atoms with Crippen LogP contribution in [0.15, 0.2) is 36.8 Å². The van der Waals surface area contributed by atoms with Gasteiger partial charge in [-0.3, -0.25) is 14.4 Å². The number of nitrogens with one attached hydrogen (secondary N) is 3. The maximum atomic E-state index is 12.7. The van der Waals surface area contributed by atoms with Gasteiger partial charge >= 0.3 is 5.97 Å². The normalized spacial score (nSPS) is 13.6. The number of nitrogens with zero attached hydrogens (tertiary/aromatic N) is 1. The number of aromatic hydroxyl groups is 1. The van der Waals surface area contributed by atoms with Crippen molar-refractivity contribution in [3.05, 3.63) is 48.0 Å². The zero-order valence-corrected chi connectivity index (χ0v) is 16.4. The number of hydrogen-bond acceptors (Lipinski definition) is 7. The van der Waals surface area contributed by atoms with Gasteiger partial charge in [0.05, 0.1) is 18.8 Å². The van der Waals surface area contributed by atoms with Crippen LogP contribution in [0, 0.1) is 0 Å². The summed E-state index contributed by atoms with van der Waals surface area (Å²) in [7, 11) is 0. The second kappa shape index (κ2) is 10.7. The van der Waals surface area contributed by atoms with Gasteiger partial charge < -0.3 is 37.3 Å². The summed E-state index contributed by atoms with van der Waals surface area (Å²) in [4.78, 5) is 54.3. The van der Waals surface area contributed by atoms with Gasteiger partial charge in [0.15, 0.2) is 0 Å². The Morgan fingerprint density at radius 1 is 1.03 bits per heavy atom. The van der Waals surface area contributed by atoms with Crippen molar-refractivity contribution in [2.45, 2.75) is 37.4 Å². The number of rotatable bonds is 11. The number of aromatic amines is 1. The van der Waals surface area contributed by atoms with E-state index in [1.54, 1.807) is 12.1 Å². The standard InChI is InChI=1S/C19H24N6O6/c20-13(5-10-1-3-12(26)4-2-10)17(28)24-14(6-11-8-22-9-23-11)18(29)25-15(19(30)31)7-16(21)27/h1-4,8-9,13-15,26H,5-7,20H2,(H2,21,27)(H,22,23)(H,24,28)(H,25,29)(H,30,31). The fourth-order valence-corrected chi connectivity index (χ4v) is 2.76. The average molecular weight is 432 g/mol. The molecule has 9 N–H and O–H groups in total. The molecule has 0 aliphatic rings. The Balaban J connectivity index is 2.09. The third kappa shape index (κ3) is 7.44. The predicted molar refractivity (Wildman–Crippen MR) is 107 cm³/mol. The van der Waals surface area contributed by atoms with Crippen LogP contribution in [0.1, 0.15) is 17.7 Å². The van der Waals surface area contributed by atoms with Crippen molar-refractivity contribution < 1.29 is 29.4 Å². The highest BCUT2D eigenvalue weighted by atomic mass is 16.4. The van der Waals surface area contributed by atoms with Crippen LogP contribution < -0.4 is 22.1 Å². The lowest BCUT2D eigenvalue weighted by atomic mass is 10.0. The minimum atomic E-state index is -1.54. The van der Waals surface area contributed by atoms with E-state index in [0.29, 0.717) is 11.3 Å². The molecule has 31 heavy (non-hydrogen) atoms. The van der Waals surface area contributed by atoms with Gasteiger partial charge in [-0.1, -0.05) is 12.1 Å². The second-order valence-electron chi connectivity index (χ2n) is 6.89. The van der Waals surface area contributed by atoms with E-state index in [0.717, 1.165) is 0 Å². The molecule has 1 aromatic heterocycles. The molecule has 0 spiro atoms. The number of nitrogens with two attached hydrogens (primary N) is 2. The summed E-state index contributed by atoms with van der Waals surface area (Å²) in [6.45, 7) is 0. The molecule has 3 amide bonds. The highest BCUT2D eigenvalue weighted by Gasteiger charge is 2.29. The minimum Gasteiger partial charge on any atom is -0.508 e. The minimum absolute atomic E-state index is 0.0214. The first kappa shape index (κ1) is 23.3. The number of aromatic nitrogens is 2. The molecule has 12 nitrogen and oxygen atoms in total. The van der Waals surface area contributed by atoms with Crippen molar-refractivity contribution in [3.63, 3.8) is 0 Å². The van der Waals surface area contributed by atoms with E-state index in [4.69, 9.17) is 11.5 Å². The van der Waals surface area contributed by atoms with E-state index in [9.17, 15) is 29.4 Å². The Morgan fingerprint density at radius 2 is 1.68 bits per heavy atom. The molecule has 3 atom stereocenters.